The van der Waals surface area contributed by atoms with E-state index in [1.54, 1.807) is 30.3 Å². The Labute approximate surface area is 204 Å². The van der Waals surface area contributed by atoms with Gasteiger partial charge in [-0.2, -0.15) is 0 Å². The molecule has 1 amide bonds. The molecule has 3 rings (SSSR count). The number of ether oxygens (including phenoxy) is 1. The van der Waals surface area contributed by atoms with Crippen LogP contribution in [0.2, 0.25) is 5.02 Å². The fraction of sp³-hybridized carbons (Fsp3) is 0.200. The van der Waals surface area contributed by atoms with Gasteiger partial charge < -0.3 is 10.1 Å². The number of hydrogen-bond acceptors (Lipinski definition) is 5. The van der Waals surface area contributed by atoms with E-state index in [2.05, 4.69) is 21.7 Å². The van der Waals surface area contributed by atoms with Crippen molar-refractivity contribution in [2.45, 2.75) is 31.1 Å². The first kappa shape index (κ1) is 25.3. The molecular formula is C25H25ClN2O5S. The molecule has 0 radical (unpaired) electrons. The second-order valence-corrected chi connectivity index (χ2v) is 9.66. The van der Waals surface area contributed by atoms with Gasteiger partial charge in [0.15, 0.2) is 0 Å². The minimum absolute atomic E-state index is 0.0251. The summed E-state index contributed by atoms with van der Waals surface area (Å²) in [5.74, 6) is -1.17. The van der Waals surface area contributed by atoms with Gasteiger partial charge in [0, 0.05) is 11.4 Å². The topological polar surface area (TPSA) is 102 Å². The molecule has 0 aliphatic heterocycles. The number of benzene rings is 3. The predicted molar refractivity (Wildman–Crippen MR) is 133 cm³/mol. The zero-order valence-corrected chi connectivity index (χ0v) is 20.4. The Kier molecular flexibility index (Phi) is 8.31. The van der Waals surface area contributed by atoms with Gasteiger partial charge in [-0.25, -0.2) is 13.2 Å². The van der Waals surface area contributed by atoms with E-state index in [4.69, 9.17) is 11.6 Å². The van der Waals surface area contributed by atoms with Gasteiger partial charge in [0.05, 0.1) is 28.2 Å². The van der Waals surface area contributed by atoms with Crippen LogP contribution in [0, 0.1) is 0 Å². The van der Waals surface area contributed by atoms with E-state index in [1.807, 2.05) is 12.1 Å². The molecule has 0 aliphatic carbocycles. The Morgan fingerprint density at radius 1 is 0.971 bits per heavy atom. The fourth-order valence-corrected chi connectivity index (χ4v) is 4.51. The highest BCUT2D eigenvalue weighted by atomic mass is 35.5. The van der Waals surface area contributed by atoms with Crippen molar-refractivity contribution >= 4 is 44.9 Å². The van der Waals surface area contributed by atoms with Crippen molar-refractivity contribution in [2.75, 3.05) is 17.1 Å². The van der Waals surface area contributed by atoms with Crippen LogP contribution in [0.5, 0.6) is 0 Å². The Bertz CT molecular complexity index is 1290. The molecule has 34 heavy (non-hydrogen) atoms. The Balaban J connectivity index is 1.79. The normalized spacial score (nSPS) is 11.0. The van der Waals surface area contributed by atoms with Crippen molar-refractivity contribution in [3.8, 4) is 0 Å². The van der Waals surface area contributed by atoms with Crippen molar-refractivity contribution in [3.05, 3.63) is 88.4 Å². The van der Waals surface area contributed by atoms with Crippen molar-refractivity contribution < 1.29 is 22.7 Å². The Morgan fingerprint density at radius 3 is 2.38 bits per heavy atom. The number of hydrogen-bond donors (Lipinski definition) is 2. The minimum atomic E-state index is -3.96. The second-order valence-electron chi connectivity index (χ2n) is 7.57. The smallest absolute Gasteiger partial charge is 0.337 e. The predicted octanol–water partition coefficient (Wildman–Crippen LogP) is 5.52. The molecule has 0 bridgehead atoms. The lowest BCUT2D eigenvalue weighted by Crippen LogP contribution is -2.16. The van der Waals surface area contributed by atoms with E-state index in [0.717, 1.165) is 24.8 Å². The van der Waals surface area contributed by atoms with Gasteiger partial charge >= 0.3 is 5.97 Å². The molecule has 0 spiro atoms. The fourth-order valence-electron chi connectivity index (χ4n) is 3.22. The van der Waals surface area contributed by atoms with Crippen LogP contribution >= 0.6 is 11.6 Å². The standard InChI is InChI=1S/C25H25ClN2O5S/c1-3-4-6-17-9-11-19(12-10-17)28-34(31,32)21-13-14-23(26)22(16-21)24(29)27-20-8-5-7-18(15-20)25(30)33-2/h5,7-16,28H,3-4,6H2,1-2H3,(H,27,29). The first-order valence-corrected chi connectivity index (χ1v) is 12.5. The average Bonchev–Trinajstić information content (AvgIpc) is 2.83. The summed E-state index contributed by atoms with van der Waals surface area (Å²) in [6.07, 6.45) is 3.08. The van der Waals surface area contributed by atoms with Crippen molar-refractivity contribution in [2.24, 2.45) is 0 Å². The van der Waals surface area contributed by atoms with Crippen LogP contribution in [0.25, 0.3) is 0 Å². The molecule has 0 fully saturated rings. The SMILES string of the molecule is CCCCc1ccc(NS(=O)(=O)c2ccc(Cl)c(C(=O)Nc3cccc(C(=O)OC)c3)c2)cc1. The minimum Gasteiger partial charge on any atom is -0.465 e. The molecule has 0 aliphatic rings. The highest BCUT2D eigenvalue weighted by Crippen LogP contribution is 2.24. The van der Waals surface area contributed by atoms with Crippen LogP contribution in [-0.4, -0.2) is 27.4 Å². The Morgan fingerprint density at radius 2 is 1.71 bits per heavy atom. The lowest BCUT2D eigenvalue weighted by molar-refractivity contribution is 0.0600. The molecule has 9 heteroatoms. The van der Waals surface area contributed by atoms with E-state index < -0.39 is 21.9 Å². The van der Waals surface area contributed by atoms with Crippen LogP contribution in [0.3, 0.4) is 0 Å². The number of halogens is 1. The van der Waals surface area contributed by atoms with Gasteiger partial charge in [-0.05, 0) is 66.9 Å². The van der Waals surface area contributed by atoms with Crippen LogP contribution in [0.15, 0.2) is 71.6 Å². The third-order valence-electron chi connectivity index (χ3n) is 5.06. The molecule has 0 aromatic heterocycles. The molecule has 0 saturated heterocycles. The van der Waals surface area contributed by atoms with E-state index in [9.17, 15) is 18.0 Å². The molecule has 0 atom stereocenters. The quantitative estimate of drug-likeness (QED) is 0.376. The van der Waals surface area contributed by atoms with Gasteiger partial charge in [-0.3, -0.25) is 9.52 Å². The van der Waals surface area contributed by atoms with Crippen molar-refractivity contribution in [1.29, 1.82) is 0 Å². The first-order chi connectivity index (χ1) is 16.2. The van der Waals surface area contributed by atoms with Crippen molar-refractivity contribution in [3.63, 3.8) is 0 Å². The number of amides is 1. The Hall–Kier alpha value is -3.36. The maximum Gasteiger partial charge on any atom is 0.337 e. The summed E-state index contributed by atoms with van der Waals surface area (Å²) >= 11 is 6.18. The van der Waals surface area contributed by atoms with Gasteiger partial charge in [-0.15, -0.1) is 0 Å². The summed E-state index contributed by atoms with van der Waals surface area (Å²) in [6, 6.07) is 17.2. The number of aryl methyl sites for hydroxylation is 1. The summed E-state index contributed by atoms with van der Waals surface area (Å²) in [6.45, 7) is 2.11. The van der Waals surface area contributed by atoms with Crippen LogP contribution in [-0.2, 0) is 21.2 Å². The molecule has 178 valence electrons. The van der Waals surface area contributed by atoms with E-state index in [1.165, 1.54) is 31.4 Å². The monoisotopic (exact) mass is 500 g/mol. The number of carbonyl (C=O) groups excluding carboxylic acids is 2. The molecule has 0 unspecified atom stereocenters. The molecule has 2 N–H and O–H groups in total. The lowest BCUT2D eigenvalue weighted by atomic mass is 10.1. The highest BCUT2D eigenvalue weighted by Gasteiger charge is 2.19. The number of methoxy groups -OCH3 is 1. The van der Waals surface area contributed by atoms with Gasteiger partial charge in [0.1, 0.15) is 0 Å². The number of carbonyl (C=O) groups is 2. The molecule has 3 aromatic carbocycles. The summed E-state index contributed by atoms with van der Waals surface area (Å²) < 4.78 is 33.0. The van der Waals surface area contributed by atoms with Crippen LogP contribution in [0.4, 0.5) is 11.4 Å². The number of esters is 1. The molecule has 3 aromatic rings. The molecule has 0 heterocycles. The number of anilines is 2. The van der Waals surface area contributed by atoms with Crippen molar-refractivity contribution in [1.82, 2.24) is 0 Å². The number of nitrogens with one attached hydrogen (secondary N) is 2. The number of rotatable bonds is 9. The van der Waals surface area contributed by atoms with Gasteiger partial charge in [0.2, 0.25) is 0 Å². The lowest BCUT2D eigenvalue weighted by Gasteiger charge is -2.12. The molecule has 7 nitrogen and oxygen atoms in total. The highest BCUT2D eigenvalue weighted by molar-refractivity contribution is 7.92. The zero-order chi connectivity index (χ0) is 24.7. The average molecular weight is 501 g/mol. The van der Waals surface area contributed by atoms with Gasteiger partial charge in [0.25, 0.3) is 15.9 Å². The van der Waals surface area contributed by atoms with Crippen LogP contribution < -0.4 is 10.0 Å². The second kappa shape index (κ2) is 11.2. The molecular weight excluding hydrogens is 476 g/mol. The zero-order valence-electron chi connectivity index (χ0n) is 18.8. The largest absolute Gasteiger partial charge is 0.465 e. The number of unbranched alkanes of at least 4 members (excludes halogenated alkanes) is 1. The summed E-state index contributed by atoms with van der Waals surface area (Å²) in [4.78, 5) is 24.4. The third-order valence-corrected chi connectivity index (χ3v) is 6.77. The first-order valence-electron chi connectivity index (χ1n) is 10.6. The van der Waals surface area contributed by atoms with E-state index >= 15 is 0 Å². The maximum absolute atomic E-state index is 12.9. The molecule has 0 saturated carbocycles. The van der Waals surface area contributed by atoms with Crippen LogP contribution in [0.1, 0.15) is 46.0 Å². The number of sulfonamides is 1. The van der Waals surface area contributed by atoms with E-state index in [0.29, 0.717) is 11.4 Å². The maximum atomic E-state index is 12.9. The third kappa shape index (κ3) is 6.36. The summed E-state index contributed by atoms with van der Waals surface area (Å²) in [5.41, 5.74) is 2.11. The summed E-state index contributed by atoms with van der Waals surface area (Å²) in [7, 11) is -2.70. The summed E-state index contributed by atoms with van der Waals surface area (Å²) in [5, 5.41) is 2.71. The van der Waals surface area contributed by atoms with E-state index in [-0.39, 0.29) is 21.0 Å². The van der Waals surface area contributed by atoms with Gasteiger partial charge in [-0.1, -0.05) is 43.1 Å².